The maximum Gasteiger partial charge on any atom is 0.310 e. The van der Waals surface area contributed by atoms with Gasteiger partial charge in [-0.2, -0.15) is 0 Å². The molecule has 1 spiro atoms. The summed E-state index contributed by atoms with van der Waals surface area (Å²) in [6, 6.07) is 3.56. The number of carbonyl (C=O) groups excluding carboxylic acids is 2. The van der Waals surface area contributed by atoms with E-state index in [1.54, 1.807) is 25.1 Å². The minimum Gasteiger partial charge on any atom is -0.481 e. The van der Waals surface area contributed by atoms with Crippen LogP contribution in [-0.4, -0.2) is 69.3 Å². The molecule has 0 saturated carbocycles. The Morgan fingerprint density at radius 1 is 1.39 bits per heavy atom. The molecular weight excluding hydrogens is 484 g/mol. The van der Waals surface area contributed by atoms with Crippen LogP contribution in [0.25, 0.3) is 0 Å². The summed E-state index contributed by atoms with van der Waals surface area (Å²) in [6.07, 6.45) is 3.04. The molecule has 3 aliphatic rings. The third kappa shape index (κ3) is 3.68. The Morgan fingerprint density at radius 2 is 2.08 bits per heavy atom. The molecule has 2 N–H and O–H groups in total. The first-order valence-electron chi connectivity index (χ1n) is 12.5. The summed E-state index contributed by atoms with van der Waals surface area (Å²) in [7, 11) is 0. The number of aliphatic hydroxyl groups excluding tert-OH is 1. The van der Waals surface area contributed by atoms with Crippen molar-refractivity contribution < 1.29 is 29.3 Å². The van der Waals surface area contributed by atoms with Gasteiger partial charge in [-0.05, 0) is 44.2 Å². The summed E-state index contributed by atoms with van der Waals surface area (Å²) >= 11 is 6.56. The molecule has 7 atom stereocenters. The van der Waals surface area contributed by atoms with E-state index >= 15 is 0 Å². The van der Waals surface area contributed by atoms with E-state index in [9.17, 15) is 24.6 Å². The maximum absolute atomic E-state index is 14.6. The number of para-hydroxylation sites is 1. The second kappa shape index (κ2) is 9.47. The van der Waals surface area contributed by atoms with Crippen molar-refractivity contribution in [3.05, 3.63) is 41.4 Å². The van der Waals surface area contributed by atoms with E-state index in [4.69, 9.17) is 16.3 Å². The van der Waals surface area contributed by atoms with Gasteiger partial charge in [-0.1, -0.05) is 50.1 Å². The molecule has 2 bridgehead atoms. The van der Waals surface area contributed by atoms with Gasteiger partial charge >= 0.3 is 5.97 Å². The van der Waals surface area contributed by atoms with E-state index in [0.717, 1.165) is 5.56 Å². The molecule has 0 aliphatic carbocycles. The molecule has 0 aromatic heterocycles. The molecule has 4 rings (SSSR count). The smallest absolute Gasteiger partial charge is 0.310 e. The average molecular weight is 519 g/mol. The molecular formula is C27H35ClN2O6. The number of carboxylic acids is 1. The zero-order valence-electron chi connectivity index (χ0n) is 21.2. The molecule has 2 unspecified atom stereocenters. The number of carbonyl (C=O) groups is 3. The first kappa shape index (κ1) is 26.6. The van der Waals surface area contributed by atoms with Gasteiger partial charge in [0, 0.05) is 6.54 Å². The molecule has 9 heteroatoms. The number of carboxylic acid groups (broad SMARTS) is 1. The summed E-state index contributed by atoms with van der Waals surface area (Å²) in [5.41, 5.74) is -1.07. The van der Waals surface area contributed by atoms with Gasteiger partial charge in [-0.3, -0.25) is 14.4 Å². The van der Waals surface area contributed by atoms with Crippen LogP contribution in [0.4, 0.5) is 5.69 Å². The predicted molar refractivity (Wildman–Crippen MR) is 136 cm³/mol. The Hall–Kier alpha value is -2.42. The Labute approximate surface area is 216 Å². The number of ether oxygens (including phenoxy) is 1. The molecule has 196 valence electrons. The van der Waals surface area contributed by atoms with E-state index in [0.29, 0.717) is 30.0 Å². The van der Waals surface area contributed by atoms with E-state index in [2.05, 4.69) is 6.58 Å². The number of rotatable bonds is 9. The second-order valence-electron chi connectivity index (χ2n) is 10.6. The second-order valence-corrected chi connectivity index (χ2v) is 11.0. The zero-order chi connectivity index (χ0) is 26.6. The highest BCUT2D eigenvalue weighted by Gasteiger charge is 2.79. The number of halogens is 1. The topological polar surface area (TPSA) is 107 Å². The monoisotopic (exact) mass is 518 g/mol. The van der Waals surface area contributed by atoms with Crippen LogP contribution in [0.3, 0.4) is 0 Å². The van der Waals surface area contributed by atoms with E-state index in [1.165, 1.54) is 9.80 Å². The number of amides is 2. The lowest BCUT2D eigenvalue weighted by Gasteiger charge is -2.41. The summed E-state index contributed by atoms with van der Waals surface area (Å²) in [5, 5.41) is 20.9. The first-order valence-corrected chi connectivity index (χ1v) is 12.9. The zero-order valence-corrected chi connectivity index (χ0v) is 22.0. The molecule has 3 saturated heterocycles. The van der Waals surface area contributed by atoms with Crippen LogP contribution in [0.5, 0.6) is 0 Å². The fourth-order valence-corrected chi connectivity index (χ4v) is 7.05. The number of nitrogens with zero attached hydrogens (tertiary/aromatic N) is 2. The van der Waals surface area contributed by atoms with Crippen LogP contribution < -0.4 is 4.90 Å². The van der Waals surface area contributed by atoms with Gasteiger partial charge in [0.05, 0.1) is 40.8 Å². The number of aliphatic carboxylic acids is 1. The molecule has 3 aliphatic heterocycles. The summed E-state index contributed by atoms with van der Waals surface area (Å²) in [4.78, 5) is 44.0. The average Bonchev–Trinajstić information content (AvgIpc) is 3.39. The largest absolute Gasteiger partial charge is 0.481 e. The van der Waals surface area contributed by atoms with Gasteiger partial charge in [0.2, 0.25) is 5.91 Å². The Morgan fingerprint density at radius 3 is 2.64 bits per heavy atom. The maximum atomic E-state index is 14.6. The van der Waals surface area contributed by atoms with Gasteiger partial charge in [-0.15, -0.1) is 6.58 Å². The molecule has 3 heterocycles. The van der Waals surface area contributed by atoms with Gasteiger partial charge in [0.1, 0.15) is 11.6 Å². The normalized spacial score (nSPS) is 32.3. The van der Waals surface area contributed by atoms with E-state index in [1.807, 2.05) is 26.8 Å². The first-order chi connectivity index (χ1) is 17.0. The molecule has 1 aromatic rings. The standard InChI is InChI=1S/C27H35ClN2O6/c1-6-13-29(21-16(4)9-8-10-17(21)28)24(33)22-27-12-11-26(5,36-27)20(25(34)35)19(27)23(32)30(22)18(14-31)15(3)7-2/h6,8-10,15,18-20,22,31H,1,7,11-14H2,2-5H3,(H,34,35)/t15-,18-,19-,20-,22?,26+,27?/m0/s1. The molecule has 0 radical (unpaired) electrons. The van der Waals surface area contributed by atoms with Crippen molar-refractivity contribution in [1.82, 2.24) is 4.90 Å². The van der Waals surface area contributed by atoms with Crippen molar-refractivity contribution in [2.75, 3.05) is 18.1 Å². The van der Waals surface area contributed by atoms with Gasteiger partial charge in [0.25, 0.3) is 5.91 Å². The highest BCUT2D eigenvalue weighted by molar-refractivity contribution is 6.34. The molecule has 36 heavy (non-hydrogen) atoms. The van der Waals surface area contributed by atoms with Crippen LogP contribution in [0, 0.1) is 24.7 Å². The van der Waals surface area contributed by atoms with Crippen molar-refractivity contribution in [1.29, 1.82) is 0 Å². The SMILES string of the molecule is C=CCN(C(=O)C1N([C@@H](CO)[C@@H](C)CC)C(=O)[C@@H]2[C@@H](C(=O)O)[C@@]3(C)CCC12O3)c1c(C)cccc1Cl. The van der Waals surface area contributed by atoms with Gasteiger partial charge < -0.3 is 24.7 Å². The third-order valence-corrected chi connectivity index (χ3v) is 8.90. The Bertz CT molecular complexity index is 1070. The lowest BCUT2D eigenvalue weighted by atomic mass is 9.66. The fraction of sp³-hybridized carbons (Fsp3) is 0.593. The van der Waals surface area contributed by atoms with Crippen LogP contribution in [0.2, 0.25) is 5.02 Å². The quantitative estimate of drug-likeness (QED) is 0.485. The summed E-state index contributed by atoms with van der Waals surface area (Å²) in [5.74, 6) is -4.20. The van der Waals surface area contributed by atoms with Crippen molar-refractivity contribution in [2.45, 2.75) is 70.2 Å². The highest BCUT2D eigenvalue weighted by Crippen LogP contribution is 2.63. The van der Waals surface area contributed by atoms with Crippen molar-refractivity contribution in [3.63, 3.8) is 0 Å². The lowest BCUT2D eigenvalue weighted by molar-refractivity contribution is -0.156. The number of aryl methyl sites for hydroxylation is 1. The van der Waals surface area contributed by atoms with Crippen LogP contribution in [0.15, 0.2) is 30.9 Å². The third-order valence-electron chi connectivity index (χ3n) is 8.60. The van der Waals surface area contributed by atoms with E-state index < -0.39 is 52.9 Å². The minimum absolute atomic E-state index is 0.129. The highest BCUT2D eigenvalue weighted by atomic mass is 35.5. The number of hydrogen-bond donors (Lipinski definition) is 2. The molecule has 3 fully saturated rings. The Balaban J connectivity index is 1.91. The predicted octanol–water partition coefficient (Wildman–Crippen LogP) is 3.42. The van der Waals surface area contributed by atoms with Crippen LogP contribution >= 0.6 is 11.6 Å². The fourth-order valence-electron chi connectivity index (χ4n) is 6.72. The number of benzene rings is 1. The molecule has 1 aromatic carbocycles. The molecule has 2 amide bonds. The number of hydrogen-bond acceptors (Lipinski definition) is 5. The van der Waals surface area contributed by atoms with Crippen molar-refractivity contribution in [3.8, 4) is 0 Å². The number of aliphatic hydroxyl groups is 1. The van der Waals surface area contributed by atoms with Crippen LogP contribution in [-0.2, 0) is 19.1 Å². The lowest BCUT2D eigenvalue weighted by Crippen LogP contribution is -2.60. The Kier molecular flexibility index (Phi) is 7.01. The summed E-state index contributed by atoms with van der Waals surface area (Å²) in [6.45, 7) is 11.0. The molecule has 8 nitrogen and oxygen atoms in total. The summed E-state index contributed by atoms with van der Waals surface area (Å²) < 4.78 is 6.48. The number of fused-ring (bicyclic) bond motifs is 1. The van der Waals surface area contributed by atoms with Crippen molar-refractivity contribution in [2.24, 2.45) is 17.8 Å². The number of anilines is 1. The van der Waals surface area contributed by atoms with Crippen LogP contribution in [0.1, 0.15) is 45.6 Å². The van der Waals surface area contributed by atoms with Crippen molar-refractivity contribution >= 4 is 35.1 Å². The van der Waals surface area contributed by atoms with Gasteiger partial charge in [0.15, 0.2) is 0 Å². The van der Waals surface area contributed by atoms with Gasteiger partial charge in [-0.25, -0.2) is 0 Å². The van der Waals surface area contributed by atoms with E-state index in [-0.39, 0.29) is 19.1 Å². The minimum atomic E-state index is -1.30. The number of likely N-dealkylation sites (tertiary alicyclic amines) is 1.